The van der Waals surface area contributed by atoms with Gasteiger partial charge in [-0.2, -0.15) is 0 Å². The SMILES string of the molecule is CC(C)C1(C(C)C)C=CNC1. The lowest BCUT2D eigenvalue weighted by molar-refractivity contribution is 0.193. The molecule has 0 radical (unpaired) electrons. The zero-order valence-corrected chi connectivity index (χ0v) is 8.02. The molecule has 1 N–H and O–H groups in total. The van der Waals surface area contributed by atoms with Gasteiger partial charge in [-0.15, -0.1) is 0 Å². The largest absolute Gasteiger partial charge is 0.390 e. The van der Waals surface area contributed by atoms with Crippen LogP contribution >= 0.6 is 0 Å². The van der Waals surface area contributed by atoms with Crippen molar-refractivity contribution in [3.8, 4) is 0 Å². The first kappa shape index (κ1) is 8.63. The van der Waals surface area contributed by atoms with E-state index < -0.39 is 0 Å². The second-order valence-corrected chi connectivity index (χ2v) is 4.14. The quantitative estimate of drug-likeness (QED) is 0.642. The lowest BCUT2D eigenvalue weighted by atomic mass is 9.70. The number of rotatable bonds is 2. The van der Waals surface area contributed by atoms with Gasteiger partial charge in [-0.1, -0.05) is 33.8 Å². The van der Waals surface area contributed by atoms with Crippen LogP contribution < -0.4 is 5.32 Å². The molecule has 0 unspecified atom stereocenters. The summed E-state index contributed by atoms with van der Waals surface area (Å²) in [7, 11) is 0. The molecular formula is C10H19N. The molecule has 0 saturated heterocycles. The molecule has 0 bridgehead atoms. The highest BCUT2D eigenvalue weighted by Gasteiger charge is 2.36. The Labute approximate surface area is 69.9 Å². The zero-order chi connectivity index (χ0) is 8.48. The minimum Gasteiger partial charge on any atom is -0.390 e. The van der Waals surface area contributed by atoms with Gasteiger partial charge >= 0.3 is 0 Å². The van der Waals surface area contributed by atoms with Crippen molar-refractivity contribution in [1.82, 2.24) is 5.32 Å². The average Bonchev–Trinajstić information content (AvgIpc) is 2.34. The van der Waals surface area contributed by atoms with Crippen LogP contribution in [0.3, 0.4) is 0 Å². The summed E-state index contributed by atoms with van der Waals surface area (Å²) < 4.78 is 0. The third-order valence-electron chi connectivity index (χ3n) is 3.07. The van der Waals surface area contributed by atoms with Gasteiger partial charge in [0.25, 0.3) is 0 Å². The molecule has 1 heteroatoms. The molecule has 0 amide bonds. The van der Waals surface area contributed by atoms with Crippen LogP contribution in [-0.4, -0.2) is 6.54 Å². The highest BCUT2D eigenvalue weighted by molar-refractivity contribution is 5.09. The summed E-state index contributed by atoms with van der Waals surface area (Å²) in [5.74, 6) is 1.46. The van der Waals surface area contributed by atoms with Gasteiger partial charge in [0.1, 0.15) is 0 Å². The summed E-state index contributed by atoms with van der Waals surface area (Å²) in [4.78, 5) is 0. The fraction of sp³-hybridized carbons (Fsp3) is 0.800. The highest BCUT2D eigenvalue weighted by Crippen LogP contribution is 2.38. The van der Waals surface area contributed by atoms with Crippen molar-refractivity contribution in [2.75, 3.05) is 6.54 Å². The summed E-state index contributed by atoms with van der Waals surface area (Å²) in [5, 5.41) is 3.30. The Morgan fingerprint density at radius 3 is 1.91 bits per heavy atom. The van der Waals surface area contributed by atoms with Gasteiger partial charge in [0, 0.05) is 12.0 Å². The molecule has 1 rings (SSSR count). The highest BCUT2D eigenvalue weighted by atomic mass is 14.9. The van der Waals surface area contributed by atoms with Crippen LogP contribution in [0.25, 0.3) is 0 Å². The lowest BCUT2D eigenvalue weighted by Gasteiger charge is -2.35. The zero-order valence-electron chi connectivity index (χ0n) is 8.02. The molecule has 0 fully saturated rings. The maximum Gasteiger partial charge on any atom is 0.0238 e. The Bertz CT molecular complexity index is 148. The smallest absolute Gasteiger partial charge is 0.0238 e. The predicted octanol–water partition coefficient (Wildman–Crippen LogP) is 2.40. The van der Waals surface area contributed by atoms with Crippen LogP contribution in [-0.2, 0) is 0 Å². The van der Waals surface area contributed by atoms with Crippen molar-refractivity contribution in [2.45, 2.75) is 27.7 Å². The van der Waals surface area contributed by atoms with Crippen LogP contribution in [0.1, 0.15) is 27.7 Å². The maximum atomic E-state index is 3.30. The van der Waals surface area contributed by atoms with Gasteiger partial charge < -0.3 is 5.32 Å². The third-order valence-corrected chi connectivity index (χ3v) is 3.07. The Kier molecular flexibility index (Phi) is 2.26. The van der Waals surface area contributed by atoms with Crippen LogP contribution in [0.4, 0.5) is 0 Å². The van der Waals surface area contributed by atoms with E-state index in [1.54, 1.807) is 0 Å². The molecule has 0 saturated carbocycles. The summed E-state index contributed by atoms with van der Waals surface area (Å²) >= 11 is 0. The van der Waals surface area contributed by atoms with E-state index in [4.69, 9.17) is 0 Å². The predicted molar refractivity (Wildman–Crippen MR) is 49.3 cm³/mol. The van der Waals surface area contributed by atoms with Crippen molar-refractivity contribution >= 4 is 0 Å². The molecular weight excluding hydrogens is 134 g/mol. The summed E-state index contributed by atoms with van der Waals surface area (Å²) in [5.41, 5.74) is 0.403. The van der Waals surface area contributed by atoms with Crippen molar-refractivity contribution in [2.24, 2.45) is 17.3 Å². The molecule has 0 spiro atoms. The van der Waals surface area contributed by atoms with E-state index in [2.05, 4.69) is 45.3 Å². The van der Waals surface area contributed by atoms with Gasteiger partial charge in [-0.3, -0.25) is 0 Å². The van der Waals surface area contributed by atoms with Crippen LogP contribution in [0.2, 0.25) is 0 Å². The molecule has 0 aliphatic carbocycles. The van der Waals surface area contributed by atoms with Gasteiger partial charge in [-0.25, -0.2) is 0 Å². The Hall–Kier alpha value is -0.460. The second-order valence-electron chi connectivity index (χ2n) is 4.14. The van der Waals surface area contributed by atoms with E-state index >= 15 is 0 Å². The Morgan fingerprint density at radius 2 is 1.73 bits per heavy atom. The van der Waals surface area contributed by atoms with Crippen molar-refractivity contribution in [3.05, 3.63) is 12.3 Å². The molecule has 1 aliphatic rings. The molecule has 0 aromatic rings. The molecule has 64 valence electrons. The first-order valence-electron chi connectivity index (χ1n) is 4.50. The molecule has 11 heavy (non-hydrogen) atoms. The first-order chi connectivity index (χ1) is 5.09. The molecule has 0 aromatic carbocycles. The maximum absolute atomic E-state index is 3.30. The van der Waals surface area contributed by atoms with Crippen LogP contribution in [0, 0.1) is 17.3 Å². The minimum absolute atomic E-state index is 0.403. The standard InChI is InChI=1S/C10H19N/c1-8(2)10(9(3)4)5-6-11-7-10/h5-6,8-9,11H,7H2,1-4H3. The van der Waals surface area contributed by atoms with E-state index in [-0.39, 0.29) is 0 Å². The Balaban J connectivity index is 2.80. The lowest BCUT2D eigenvalue weighted by Crippen LogP contribution is -2.35. The van der Waals surface area contributed by atoms with Gasteiger partial charge in [0.2, 0.25) is 0 Å². The van der Waals surface area contributed by atoms with E-state index in [0.717, 1.165) is 18.4 Å². The number of hydrogen-bond donors (Lipinski definition) is 1. The summed E-state index contributed by atoms with van der Waals surface area (Å²) in [6, 6.07) is 0. The number of hydrogen-bond acceptors (Lipinski definition) is 1. The van der Waals surface area contributed by atoms with E-state index in [0.29, 0.717) is 5.41 Å². The van der Waals surface area contributed by atoms with Gasteiger partial charge in [-0.05, 0) is 18.0 Å². The monoisotopic (exact) mass is 153 g/mol. The molecule has 1 heterocycles. The fourth-order valence-corrected chi connectivity index (χ4v) is 1.97. The minimum atomic E-state index is 0.403. The molecule has 0 aromatic heterocycles. The van der Waals surface area contributed by atoms with Crippen molar-refractivity contribution in [3.63, 3.8) is 0 Å². The normalized spacial score (nSPS) is 21.3. The van der Waals surface area contributed by atoms with Crippen LogP contribution in [0.15, 0.2) is 12.3 Å². The van der Waals surface area contributed by atoms with Crippen molar-refractivity contribution in [1.29, 1.82) is 0 Å². The number of nitrogens with one attached hydrogen (secondary N) is 1. The average molecular weight is 153 g/mol. The van der Waals surface area contributed by atoms with Gasteiger partial charge in [0.05, 0.1) is 0 Å². The third kappa shape index (κ3) is 1.29. The second kappa shape index (κ2) is 2.88. The Morgan fingerprint density at radius 1 is 1.18 bits per heavy atom. The molecule has 0 atom stereocenters. The van der Waals surface area contributed by atoms with E-state index in [1.807, 2.05) is 0 Å². The van der Waals surface area contributed by atoms with Crippen LogP contribution in [0.5, 0.6) is 0 Å². The molecule has 1 nitrogen and oxygen atoms in total. The van der Waals surface area contributed by atoms with Crippen molar-refractivity contribution < 1.29 is 0 Å². The summed E-state index contributed by atoms with van der Waals surface area (Å²) in [6.07, 6.45) is 4.43. The summed E-state index contributed by atoms with van der Waals surface area (Å²) in [6.45, 7) is 10.3. The van der Waals surface area contributed by atoms with Gasteiger partial charge in [0.15, 0.2) is 0 Å². The first-order valence-corrected chi connectivity index (χ1v) is 4.50. The van der Waals surface area contributed by atoms with E-state index in [1.165, 1.54) is 0 Å². The molecule has 1 aliphatic heterocycles. The fourth-order valence-electron chi connectivity index (χ4n) is 1.97. The van der Waals surface area contributed by atoms with E-state index in [9.17, 15) is 0 Å². The topological polar surface area (TPSA) is 12.0 Å².